The third-order valence-corrected chi connectivity index (χ3v) is 4.34. The standard InChI is InChI=1S/C19H26N2O4/c1-3-12-25-19(24)15-8-10-16(11-9-15)21-18(23)17(20-13(2)22)14-6-4-5-7-14/h8-11,14,17H,3-7,12H2,1-2H3,(H,20,22)(H,21,23)/t17-/m0/s1. The van der Waals surface area contributed by atoms with Crippen LogP contribution in [0.4, 0.5) is 5.69 Å². The van der Waals surface area contributed by atoms with Gasteiger partial charge < -0.3 is 15.4 Å². The lowest BCUT2D eigenvalue weighted by Crippen LogP contribution is -2.47. The predicted octanol–water partition coefficient (Wildman–Crippen LogP) is 2.89. The molecule has 6 nitrogen and oxygen atoms in total. The van der Waals surface area contributed by atoms with Crippen molar-refractivity contribution in [3.63, 3.8) is 0 Å². The van der Waals surface area contributed by atoms with Gasteiger partial charge in [-0.25, -0.2) is 4.79 Å². The highest BCUT2D eigenvalue weighted by Gasteiger charge is 2.31. The Bertz CT molecular complexity index is 606. The minimum atomic E-state index is -0.519. The number of benzene rings is 1. The lowest BCUT2D eigenvalue weighted by Gasteiger charge is -2.23. The number of hydrogen-bond donors (Lipinski definition) is 2. The van der Waals surface area contributed by atoms with Gasteiger partial charge in [-0.15, -0.1) is 0 Å². The zero-order valence-electron chi connectivity index (χ0n) is 14.8. The molecule has 2 rings (SSSR count). The molecule has 1 atom stereocenters. The summed E-state index contributed by atoms with van der Waals surface area (Å²) in [5.74, 6) is -0.626. The molecule has 1 aliphatic carbocycles. The molecule has 1 aromatic carbocycles. The average molecular weight is 346 g/mol. The molecule has 0 spiro atoms. The van der Waals surface area contributed by atoms with Gasteiger partial charge in [0.25, 0.3) is 0 Å². The average Bonchev–Trinajstić information content (AvgIpc) is 3.12. The molecule has 1 aromatic rings. The van der Waals surface area contributed by atoms with E-state index in [0.29, 0.717) is 17.9 Å². The van der Waals surface area contributed by atoms with Crippen molar-refractivity contribution in [2.24, 2.45) is 5.92 Å². The summed E-state index contributed by atoms with van der Waals surface area (Å²) in [6.07, 6.45) is 4.83. The second-order valence-electron chi connectivity index (χ2n) is 6.43. The van der Waals surface area contributed by atoms with Gasteiger partial charge in [0.15, 0.2) is 0 Å². The topological polar surface area (TPSA) is 84.5 Å². The van der Waals surface area contributed by atoms with Gasteiger partial charge in [0, 0.05) is 12.6 Å². The second kappa shape index (κ2) is 9.20. The maximum Gasteiger partial charge on any atom is 0.338 e. The van der Waals surface area contributed by atoms with E-state index in [-0.39, 0.29) is 23.7 Å². The van der Waals surface area contributed by atoms with Gasteiger partial charge >= 0.3 is 5.97 Å². The molecule has 2 N–H and O–H groups in total. The molecule has 0 bridgehead atoms. The molecule has 0 unspecified atom stereocenters. The fourth-order valence-electron chi connectivity index (χ4n) is 3.09. The number of ether oxygens (including phenoxy) is 1. The molecule has 0 aliphatic heterocycles. The van der Waals surface area contributed by atoms with Crippen LogP contribution in [-0.4, -0.2) is 30.4 Å². The molecule has 136 valence electrons. The van der Waals surface area contributed by atoms with Crippen molar-refractivity contribution >= 4 is 23.5 Å². The Hall–Kier alpha value is -2.37. The van der Waals surface area contributed by atoms with E-state index < -0.39 is 6.04 Å². The highest BCUT2D eigenvalue weighted by Crippen LogP contribution is 2.28. The van der Waals surface area contributed by atoms with Crippen LogP contribution in [0.15, 0.2) is 24.3 Å². The number of rotatable bonds is 7. The maximum absolute atomic E-state index is 12.6. The normalized spacial score (nSPS) is 15.4. The summed E-state index contributed by atoms with van der Waals surface area (Å²) in [5, 5.41) is 5.60. The fraction of sp³-hybridized carbons (Fsp3) is 0.526. The first-order valence-electron chi connectivity index (χ1n) is 8.86. The summed E-state index contributed by atoms with van der Waals surface area (Å²) in [4.78, 5) is 35.8. The largest absolute Gasteiger partial charge is 0.462 e. The van der Waals surface area contributed by atoms with Crippen LogP contribution in [0.5, 0.6) is 0 Å². The van der Waals surface area contributed by atoms with E-state index >= 15 is 0 Å². The van der Waals surface area contributed by atoms with Crippen molar-refractivity contribution in [1.29, 1.82) is 0 Å². The van der Waals surface area contributed by atoms with Crippen molar-refractivity contribution in [1.82, 2.24) is 5.32 Å². The van der Waals surface area contributed by atoms with Gasteiger partial charge in [-0.3, -0.25) is 9.59 Å². The van der Waals surface area contributed by atoms with E-state index in [2.05, 4.69) is 10.6 Å². The smallest absolute Gasteiger partial charge is 0.338 e. The molecular formula is C19H26N2O4. The summed E-state index contributed by atoms with van der Waals surface area (Å²) in [7, 11) is 0. The number of hydrogen-bond acceptors (Lipinski definition) is 4. The Kier molecular flexibility index (Phi) is 6.98. The van der Waals surface area contributed by atoms with E-state index in [9.17, 15) is 14.4 Å². The van der Waals surface area contributed by atoms with Gasteiger partial charge in [0.2, 0.25) is 11.8 Å². The zero-order valence-corrected chi connectivity index (χ0v) is 14.8. The molecular weight excluding hydrogens is 320 g/mol. The monoisotopic (exact) mass is 346 g/mol. The first-order chi connectivity index (χ1) is 12.0. The van der Waals surface area contributed by atoms with Gasteiger partial charge in [-0.2, -0.15) is 0 Å². The summed E-state index contributed by atoms with van der Waals surface area (Å²) in [6, 6.07) is 6.06. The lowest BCUT2D eigenvalue weighted by molar-refractivity contribution is -0.126. The van der Waals surface area contributed by atoms with Crippen molar-refractivity contribution in [2.45, 2.75) is 52.0 Å². The van der Waals surface area contributed by atoms with Crippen LogP contribution in [-0.2, 0) is 14.3 Å². The third-order valence-electron chi connectivity index (χ3n) is 4.34. The van der Waals surface area contributed by atoms with Gasteiger partial charge in [0.1, 0.15) is 6.04 Å². The van der Waals surface area contributed by atoms with Crippen molar-refractivity contribution in [2.75, 3.05) is 11.9 Å². The second-order valence-corrected chi connectivity index (χ2v) is 6.43. The minimum absolute atomic E-state index is 0.173. The molecule has 0 radical (unpaired) electrons. The van der Waals surface area contributed by atoms with Crippen LogP contribution in [0.25, 0.3) is 0 Å². The zero-order chi connectivity index (χ0) is 18.2. The van der Waals surface area contributed by atoms with Crippen molar-refractivity contribution < 1.29 is 19.1 Å². The fourth-order valence-corrected chi connectivity index (χ4v) is 3.09. The quantitative estimate of drug-likeness (QED) is 0.744. The highest BCUT2D eigenvalue weighted by atomic mass is 16.5. The molecule has 0 saturated heterocycles. The molecule has 0 heterocycles. The Balaban J connectivity index is 1.99. The number of anilines is 1. The number of nitrogens with one attached hydrogen (secondary N) is 2. The van der Waals surface area contributed by atoms with E-state index in [1.54, 1.807) is 24.3 Å². The van der Waals surface area contributed by atoms with Gasteiger partial charge in [-0.1, -0.05) is 19.8 Å². The summed E-state index contributed by atoms with van der Waals surface area (Å²) in [5.41, 5.74) is 1.03. The number of amides is 2. The molecule has 1 aliphatic rings. The van der Waals surface area contributed by atoms with Crippen LogP contribution >= 0.6 is 0 Å². The number of esters is 1. The van der Waals surface area contributed by atoms with Gasteiger partial charge in [-0.05, 0) is 49.4 Å². The Labute approximate surface area is 148 Å². The molecule has 2 amide bonds. The van der Waals surface area contributed by atoms with Crippen LogP contribution in [0.3, 0.4) is 0 Å². The molecule has 1 saturated carbocycles. The van der Waals surface area contributed by atoms with Crippen molar-refractivity contribution in [3.05, 3.63) is 29.8 Å². The van der Waals surface area contributed by atoms with Gasteiger partial charge in [0.05, 0.1) is 12.2 Å². The summed E-state index contributed by atoms with van der Waals surface area (Å²) < 4.78 is 5.07. The van der Waals surface area contributed by atoms with E-state index in [0.717, 1.165) is 32.1 Å². The first-order valence-corrected chi connectivity index (χ1v) is 8.86. The highest BCUT2D eigenvalue weighted by molar-refractivity contribution is 5.97. The van der Waals surface area contributed by atoms with Crippen LogP contribution in [0.1, 0.15) is 56.3 Å². The summed E-state index contributed by atoms with van der Waals surface area (Å²) in [6.45, 7) is 3.74. The molecule has 0 aromatic heterocycles. The SMILES string of the molecule is CCCOC(=O)c1ccc(NC(=O)[C@@H](NC(C)=O)C2CCCC2)cc1. The van der Waals surface area contributed by atoms with Crippen LogP contribution in [0, 0.1) is 5.92 Å². The molecule has 25 heavy (non-hydrogen) atoms. The maximum atomic E-state index is 12.6. The lowest BCUT2D eigenvalue weighted by atomic mass is 9.97. The van der Waals surface area contributed by atoms with E-state index in [1.807, 2.05) is 6.92 Å². The first kappa shape index (κ1) is 19.0. The Morgan fingerprint density at radius 3 is 2.36 bits per heavy atom. The van der Waals surface area contributed by atoms with E-state index in [4.69, 9.17) is 4.74 Å². The third kappa shape index (κ3) is 5.59. The molecule has 6 heteroatoms. The predicted molar refractivity (Wildman–Crippen MR) is 95.2 cm³/mol. The van der Waals surface area contributed by atoms with Crippen LogP contribution < -0.4 is 10.6 Å². The van der Waals surface area contributed by atoms with Crippen molar-refractivity contribution in [3.8, 4) is 0 Å². The molecule has 1 fully saturated rings. The van der Waals surface area contributed by atoms with E-state index in [1.165, 1.54) is 6.92 Å². The van der Waals surface area contributed by atoms with Crippen LogP contribution in [0.2, 0.25) is 0 Å². The number of carbonyl (C=O) groups is 3. The number of carbonyl (C=O) groups excluding carboxylic acids is 3. The Morgan fingerprint density at radius 1 is 1.16 bits per heavy atom. The minimum Gasteiger partial charge on any atom is -0.462 e. The summed E-state index contributed by atoms with van der Waals surface area (Å²) >= 11 is 0. The Morgan fingerprint density at radius 2 is 1.80 bits per heavy atom.